The quantitative estimate of drug-likeness (QED) is 0.587. The molecule has 1 saturated heterocycles. The van der Waals surface area contributed by atoms with Crippen LogP contribution >= 0.6 is 11.8 Å². The number of carbonyl (C=O) groups is 1. The number of nitro benzene ring substituents is 1. The number of aliphatic hydroxyl groups is 1. The van der Waals surface area contributed by atoms with Gasteiger partial charge in [0.2, 0.25) is 0 Å². The van der Waals surface area contributed by atoms with E-state index in [1.807, 2.05) is 4.90 Å². The lowest BCUT2D eigenvalue weighted by Crippen LogP contribution is -2.49. The van der Waals surface area contributed by atoms with Crippen LogP contribution in [0, 0.1) is 15.9 Å². The topological polar surface area (TPSA) is 86.9 Å². The van der Waals surface area contributed by atoms with E-state index in [1.165, 1.54) is 24.3 Å². The number of β-amino-alcohol motifs (C(OH)–C–C–N with tert-alkyl or cyclic N) is 1. The Bertz CT molecular complexity index is 872. The minimum Gasteiger partial charge on any atom is -0.395 e. The first kappa shape index (κ1) is 20.2. The minimum atomic E-state index is -0.548. The molecule has 28 heavy (non-hydrogen) atoms. The van der Waals surface area contributed by atoms with Crippen molar-refractivity contribution in [1.29, 1.82) is 0 Å². The number of rotatable bonds is 6. The summed E-state index contributed by atoms with van der Waals surface area (Å²) in [4.78, 5) is 28.2. The van der Waals surface area contributed by atoms with Crippen LogP contribution in [0.2, 0.25) is 0 Å². The molecule has 0 unspecified atom stereocenters. The predicted molar refractivity (Wildman–Crippen MR) is 103 cm³/mol. The van der Waals surface area contributed by atoms with Crippen molar-refractivity contribution in [1.82, 2.24) is 9.80 Å². The maximum Gasteiger partial charge on any atom is 0.270 e. The van der Waals surface area contributed by atoms with Crippen molar-refractivity contribution in [3.63, 3.8) is 0 Å². The summed E-state index contributed by atoms with van der Waals surface area (Å²) < 4.78 is 14.0. The lowest BCUT2D eigenvalue weighted by molar-refractivity contribution is -0.384. The Kier molecular flexibility index (Phi) is 6.61. The highest BCUT2D eigenvalue weighted by Crippen LogP contribution is 2.34. The summed E-state index contributed by atoms with van der Waals surface area (Å²) in [6, 6.07) is 10.3. The molecule has 1 heterocycles. The van der Waals surface area contributed by atoms with E-state index in [0.29, 0.717) is 42.5 Å². The molecule has 1 aliphatic heterocycles. The van der Waals surface area contributed by atoms with Crippen LogP contribution in [0.3, 0.4) is 0 Å². The van der Waals surface area contributed by atoms with Gasteiger partial charge >= 0.3 is 0 Å². The molecule has 0 radical (unpaired) electrons. The molecule has 2 aromatic rings. The fourth-order valence-electron chi connectivity index (χ4n) is 3.02. The first-order chi connectivity index (χ1) is 13.5. The first-order valence-electron chi connectivity index (χ1n) is 8.83. The van der Waals surface area contributed by atoms with Gasteiger partial charge in [-0.2, -0.15) is 0 Å². The molecule has 1 amide bonds. The van der Waals surface area contributed by atoms with Gasteiger partial charge in [0.1, 0.15) is 5.82 Å². The number of hydrogen-bond donors (Lipinski definition) is 1. The molecule has 0 spiro atoms. The van der Waals surface area contributed by atoms with Crippen molar-refractivity contribution in [2.45, 2.75) is 9.79 Å². The van der Waals surface area contributed by atoms with E-state index in [9.17, 15) is 19.3 Å². The number of hydrogen-bond acceptors (Lipinski definition) is 6. The zero-order chi connectivity index (χ0) is 20.1. The monoisotopic (exact) mass is 405 g/mol. The van der Waals surface area contributed by atoms with Gasteiger partial charge < -0.3 is 10.0 Å². The summed E-state index contributed by atoms with van der Waals surface area (Å²) in [6.07, 6.45) is 0. The number of nitrogens with zero attached hydrogens (tertiary/aromatic N) is 3. The maximum atomic E-state index is 14.0. The molecule has 0 atom stereocenters. The number of nitro groups is 1. The van der Waals surface area contributed by atoms with Crippen LogP contribution in [0.25, 0.3) is 0 Å². The van der Waals surface area contributed by atoms with Gasteiger partial charge in [0.05, 0.1) is 17.1 Å². The van der Waals surface area contributed by atoms with Gasteiger partial charge in [0, 0.05) is 54.6 Å². The van der Waals surface area contributed by atoms with Crippen LogP contribution in [0.4, 0.5) is 10.1 Å². The Morgan fingerprint density at radius 2 is 1.86 bits per heavy atom. The molecule has 0 aliphatic carbocycles. The number of aliphatic hydroxyl groups excluding tert-OH is 1. The van der Waals surface area contributed by atoms with Crippen molar-refractivity contribution >= 4 is 23.4 Å². The van der Waals surface area contributed by atoms with Crippen molar-refractivity contribution in [2.24, 2.45) is 0 Å². The van der Waals surface area contributed by atoms with Gasteiger partial charge in [0.25, 0.3) is 11.6 Å². The highest BCUT2D eigenvalue weighted by atomic mass is 32.2. The van der Waals surface area contributed by atoms with Gasteiger partial charge in [0.15, 0.2) is 0 Å². The average molecular weight is 405 g/mol. The summed E-state index contributed by atoms with van der Waals surface area (Å²) in [7, 11) is 0. The molecule has 148 valence electrons. The molecule has 7 nitrogen and oxygen atoms in total. The molecule has 9 heteroatoms. The average Bonchev–Trinajstić information content (AvgIpc) is 2.70. The third kappa shape index (κ3) is 4.67. The van der Waals surface area contributed by atoms with Crippen LogP contribution in [0.15, 0.2) is 52.3 Å². The largest absolute Gasteiger partial charge is 0.395 e. The third-order valence-corrected chi connectivity index (χ3v) is 5.66. The van der Waals surface area contributed by atoms with Gasteiger partial charge in [-0.1, -0.05) is 23.9 Å². The van der Waals surface area contributed by atoms with Crippen molar-refractivity contribution in [3.05, 3.63) is 64.0 Å². The van der Waals surface area contributed by atoms with E-state index < -0.39 is 10.7 Å². The molecule has 0 saturated carbocycles. The zero-order valence-corrected chi connectivity index (χ0v) is 15.9. The van der Waals surface area contributed by atoms with Gasteiger partial charge in [-0.3, -0.25) is 19.8 Å². The van der Waals surface area contributed by atoms with Crippen molar-refractivity contribution in [2.75, 3.05) is 39.3 Å². The maximum absolute atomic E-state index is 14.0. The van der Waals surface area contributed by atoms with Crippen LogP contribution < -0.4 is 0 Å². The number of non-ortho nitro benzene ring substituents is 1. The van der Waals surface area contributed by atoms with E-state index in [1.54, 1.807) is 23.1 Å². The fourth-order valence-corrected chi connectivity index (χ4v) is 3.96. The molecule has 0 bridgehead atoms. The van der Waals surface area contributed by atoms with Crippen LogP contribution in [-0.4, -0.2) is 65.1 Å². The van der Waals surface area contributed by atoms with Crippen LogP contribution in [0.1, 0.15) is 10.4 Å². The molecular formula is C19H20FN3O4S. The third-order valence-electron chi connectivity index (χ3n) is 4.54. The second kappa shape index (κ2) is 9.13. The summed E-state index contributed by atoms with van der Waals surface area (Å²) in [5.41, 5.74) is 0.0122. The molecule has 1 fully saturated rings. The Hall–Kier alpha value is -2.49. The first-order valence-corrected chi connectivity index (χ1v) is 9.64. The Morgan fingerprint density at radius 1 is 1.14 bits per heavy atom. The van der Waals surface area contributed by atoms with Crippen molar-refractivity contribution < 1.29 is 19.2 Å². The van der Waals surface area contributed by atoms with E-state index in [4.69, 9.17) is 5.11 Å². The van der Waals surface area contributed by atoms with Crippen LogP contribution in [0.5, 0.6) is 0 Å². The smallest absolute Gasteiger partial charge is 0.270 e. The normalized spacial score (nSPS) is 14.9. The number of halogens is 1. The predicted octanol–water partition coefficient (Wildman–Crippen LogP) is 2.64. The number of benzene rings is 2. The van der Waals surface area contributed by atoms with E-state index in [-0.39, 0.29) is 23.8 Å². The lowest BCUT2D eigenvalue weighted by atomic mass is 10.1. The van der Waals surface area contributed by atoms with Crippen molar-refractivity contribution in [3.8, 4) is 0 Å². The Labute approximate surface area is 165 Å². The van der Waals surface area contributed by atoms with E-state index >= 15 is 0 Å². The fraction of sp³-hybridized carbons (Fsp3) is 0.316. The van der Waals surface area contributed by atoms with E-state index in [0.717, 1.165) is 11.8 Å². The highest BCUT2D eigenvalue weighted by molar-refractivity contribution is 7.99. The number of piperazine rings is 1. The van der Waals surface area contributed by atoms with Gasteiger partial charge in [-0.25, -0.2) is 4.39 Å². The molecule has 1 aliphatic rings. The Morgan fingerprint density at radius 3 is 2.50 bits per heavy atom. The van der Waals surface area contributed by atoms with Gasteiger partial charge in [-0.05, 0) is 18.2 Å². The molecular weight excluding hydrogens is 385 g/mol. The molecule has 1 N–H and O–H groups in total. The summed E-state index contributed by atoms with van der Waals surface area (Å²) in [5.74, 6) is -0.729. The van der Waals surface area contributed by atoms with E-state index in [2.05, 4.69) is 0 Å². The Balaban J connectivity index is 1.87. The highest BCUT2D eigenvalue weighted by Gasteiger charge is 2.26. The summed E-state index contributed by atoms with van der Waals surface area (Å²) >= 11 is 1.07. The molecule has 3 rings (SSSR count). The zero-order valence-electron chi connectivity index (χ0n) is 15.1. The molecule has 0 aromatic heterocycles. The minimum absolute atomic E-state index is 0.0578. The second-order valence-corrected chi connectivity index (χ2v) is 7.41. The molecule has 2 aromatic carbocycles. The SMILES string of the molecule is O=C(c1cc([N+](=O)[O-])ccc1Sc1ccccc1F)N1CCN(CCO)CC1. The standard InChI is InChI=1S/C19H20FN3O4S/c20-16-3-1-2-4-18(16)28-17-6-5-14(23(26)27)13-15(17)19(25)22-9-7-21(8-10-22)11-12-24/h1-6,13,24H,7-12H2. The number of carbonyl (C=O) groups excluding carboxylic acids is 1. The lowest BCUT2D eigenvalue weighted by Gasteiger charge is -2.34. The summed E-state index contributed by atoms with van der Waals surface area (Å²) in [6.45, 7) is 2.78. The summed E-state index contributed by atoms with van der Waals surface area (Å²) in [5, 5.41) is 20.2. The van der Waals surface area contributed by atoms with Crippen LogP contribution in [-0.2, 0) is 0 Å². The van der Waals surface area contributed by atoms with Gasteiger partial charge in [-0.15, -0.1) is 0 Å². The second-order valence-electron chi connectivity index (χ2n) is 6.33. The number of amides is 1.